The Morgan fingerprint density at radius 2 is 2.00 bits per heavy atom. The lowest BCUT2D eigenvalue weighted by atomic mass is 10.2. The summed E-state index contributed by atoms with van der Waals surface area (Å²) in [5, 5.41) is 16.3. The smallest absolute Gasteiger partial charge is 0.271 e. The number of nitro groups is 1. The fourth-order valence-electron chi connectivity index (χ4n) is 1.73. The first-order chi connectivity index (χ1) is 9.95. The number of benzene rings is 2. The van der Waals surface area contributed by atoms with E-state index in [1.165, 1.54) is 0 Å². The van der Waals surface area contributed by atoms with Crippen molar-refractivity contribution in [1.29, 1.82) is 0 Å². The lowest BCUT2D eigenvalue weighted by Gasteiger charge is -2.11. The molecule has 2 aromatic carbocycles. The fraction of sp³-hybridized carbons (Fsp3) is 0.0714. The van der Waals surface area contributed by atoms with E-state index in [0.717, 1.165) is 29.4 Å². The molecular formula is C14H12FN3O2S. The molecule has 0 heterocycles. The molecular weight excluding hydrogens is 293 g/mol. The standard InChI is InChI=1S/C14H12FN3O2S/c1-9-3-2-4-10(7-9)16-14(21)17-13-8-11(18(19)20)5-6-12(13)15/h2-8H,1H3,(H2,16,17,21). The molecule has 0 spiro atoms. The molecule has 0 saturated carbocycles. The summed E-state index contributed by atoms with van der Waals surface area (Å²) >= 11 is 5.07. The van der Waals surface area contributed by atoms with Crippen LogP contribution in [0.5, 0.6) is 0 Å². The molecule has 2 rings (SSSR count). The number of nitrogens with zero attached hydrogens (tertiary/aromatic N) is 1. The quantitative estimate of drug-likeness (QED) is 0.512. The monoisotopic (exact) mass is 305 g/mol. The molecule has 0 saturated heterocycles. The van der Waals surface area contributed by atoms with Crippen LogP contribution in [0.2, 0.25) is 0 Å². The molecule has 108 valence electrons. The molecule has 2 N–H and O–H groups in total. The van der Waals surface area contributed by atoms with Crippen LogP contribution < -0.4 is 10.6 Å². The second-order valence-corrected chi connectivity index (χ2v) is 4.78. The summed E-state index contributed by atoms with van der Waals surface area (Å²) in [5.74, 6) is -0.617. The van der Waals surface area contributed by atoms with Gasteiger partial charge in [-0.3, -0.25) is 10.1 Å². The van der Waals surface area contributed by atoms with Crippen molar-refractivity contribution in [3.8, 4) is 0 Å². The van der Waals surface area contributed by atoms with Gasteiger partial charge in [-0.2, -0.15) is 0 Å². The normalized spacial score (nSPS) is 10.0. The molecule has 7 heteroatoms. The van der Waals surface area contributed by atoms with Crippen LogP contribution in [0.3, 0.4) is 0 Å². The Hall–Kier alpha value is -2.54. The fourth-order valence-corrected chi connectivity index (χ4v) is 1.96. The number of hydrogen-bond acceptors (Lipinski definition) is 3. The SMILES string of the molecule is Cc1cccc(NC(=S)Nc2cc([N+](=O)[O-])ccc2F)c1. The molecule has 2 aromatic rings. The van der Waals surface area contributed by atoms with Gasteiger partial charge in [0.2, 0.25) is 0 Å². The third-order valence-corrected chi connectivity index (χ3v) is 2.89. The van der Waals surface area contributed by atoms with Crippen LogP contribution in [0.25, 0.3) is 0 Å². The number of halogens is 1. The Bertz CT molecular complexity index is 706. The van der Waals surface area contributed by atoms with Gasteiger partial charge >= 0.3 is 0 Å². The molecule has 0 radical (unpaired) electrons. The maximum atomic E-state index is 13.6. The minimum absolute atomic E-state index is 0.0469. The minimum Gasteiger partial charge on any atom is -0.332 e. The summed E-state index contributed by atoms with van der Waals surface area (Å²) in [6, 6.07) is 10.7. The lowest BCUT2D eigenvalue weighted by Crippen LogP contribution is -2.19. The van der Waals surface area contributed by atoms with Crippen molar-refractivity contribution >= 4 is 34.4 Å². The highest BCUT2D eigenvalue weighted by Crippen LogP contribution is 2.21. The van der Waals surface area contributed by atoms with Gasteiger partial charge < -0.3 is 10.6 Å². The first-order valence-corrected chi connectivity index (χ1v) is 6.45. The summed E-state index contributed by atoms with van der Waals surface area (Å²) in [5.41, 5.74) is 1.54. The zero-order valence-corrected chi connectivity index (χ0v) is 11.9. The average molecular weight is 305 g/mol. The van der Waals surface area contributed by atoms with Gasteiger partial charge in [0.15, 0.2) is 5.11 Å². The highest BCUT2D eigenvalue weighted by molar-refractivity contribution is 7.80. The first-order valence-electron chi connectivity index (χ1n) is 6.04. The van der Waals surface area contributed by atoms with Crippen LogP contribution in [0.1, 0.15) is 5.56 Å². The van der Waals surface area contributed by atoms with E-state index >= 15 is 0 Å². The second kappa shape index (κ2) is 6.27. The van der Waals surface area contributed by atoms with Crippen LogP contribution in [0, 0.1) is 22.9 Å². The van der Waals surface area contributed by atoms with Gasteiger partial charge in [0.1, 0.15) is 5.82 Å². The Labute approximate surface area is 125 Å². The summed E-state index contributed by atoms with van der Waals surface area (Å²) in [6.45, 7) is 1.93. The lowest BCUT2D eigenvalue weighted by molar-refractivity contribution is -0.384. The van der Waals surface area contributed by atoms with E-state index in [4.69, 9.17) is 12.2 Å². The number of anilines is 2. The molecule has 5 nitrogen and oxygen atoms in total. The molecule has 21 heavy (non-hydrogen) atoms. The van der Waals surface area contributed by atoms with Gasteiger partial charge in [-0.25, -0.2) is 4.39 Å². The van der Waals surface area contributed by atoms with Gasteiger partial charge in [0, 0.05) is 17.8 Å². The number of nitro benzene ring substituents is 1. The van der Waals surface area contributed by atoms with Crippen LogP contribution in [-0.2, 0) is 0 Å². The Morgan fingerprint density at radius 1 is 1.24 bits per heavy atom. The van der Waals surface area contributed by atoms with Gasteiger partial charge in [-0.1, -0.05) is 12.1 Å². The van der Waals surface area contributed by atoms with Crippen molar-refractivity contribution in [2.24, 2.45) is 0 Å². The van der Waals surface area contributed by atoms with Crippen LogP contribution in [0.4, 0.5) is 21.5 Å². The van der Waals surface area contributed by atoms with Crippen molar-refractivity contribution in [2.45, 2.75) is 6.92 Å². The topological polar surface area (TPSA) is 67.2 Å². The Kier molecular flexibility index (Phi) is 4.44. The maximum absolute atomic E-state index is 13.6. The largest absolute Gasteiger partial charge is 0.332 e. The highest BCUT2D eigenvalue weighted by Gasteiger charge is 2.11. The number of non-ortho nitro benzene ring substituents is 1. The Morgan fingerprint density at radius 3 is 2.67 bits per heavy atom. The molecule has 0 atom stereocenters. The van der Waals surface area contributed by atoms with Gasteiger partial charge in [-0.15, -0.1) is 0 Å². The van der Waals surface area contributed by atoms with Crippen molar-refractivity contribution < 1.29 is 9.31 Å². The number of nitrogens with one attached hydrogen (secondary N) is 2. The van der Waals surface area contributed by atoms with Crippen LogP contribution in [-0.4, -0.2) is 10.0 Å². The Balaban J connectivity index is 2.12. The molecule has 0 fully saturated rings. The molecule has 0 aliphatic heterocycles. The molecule has 0 aliphatic carbocycles. The number of hydrogen-bond donors (Lipinski definition) is 2. The van der Waals surface area contributed by atoms with Crippen molar-refractivity contribution in [2.75, 3.05) is 10.6 Å². The van der Waals surface area contributed by atoms with Gasteiger partial charge in [0.05, 0.1) is 10.6 Å². The van der Waals surface area contributed by atoms with E-state index in [9.17, 15) is 14.5 Å². The van der Waals surface area contributed by atoms with E-state index < -0.39 is 10.7 Å². The van der Waals surface area contributed by atoms with E-state index in [-0.39, 0.29) is 16.5 Å². The van der Waals surface area contributed by atoms with E-state index in [2.05, 4.69) is 10.6 Å². The predicted octanol–water partition coefficient (Wildman–Crippen LogP) is 3.85. The molecule has 0 aliphatic rings. The van der Waals surface area contributed by atoms with E-state index in [1.54, 1.807) is 0 Å². The van der Waals surface area contributed by atoms with Crippen molar-refractivity contribution in [1.82, 2.24) is 0 Å². The van der Waals surface area contributed by atoms with E-state index in [0.29, 0.717) is 0 Å². The summed E-state index contributed by atoms with van der Waals surface area (Å²) < 4.78 is 13.6. The molecule has 0 bridgehead atoms. The first kappa shape index (κ1) is 14.9. The van der Waals surface area contributed by atoms with Gasteiger partial charge in [0.25, 0.3) is 5.69 Å². The highest BCUT2D eigenvalue weighted by atomic mass is 32.1. The number of thiocarbonyl (C=S) groups is 1. The molecule has 0 amide bonds. The number of aryl methyl sites for hydroxylation is 1. The minimum atomic E-state index is -0.617. The van der Waals surface area contributed by atoms with Crippen molar-refractivity contribution in [3.63, 3.8) is 0 Å². The third-order valence-electron chi connectivity index (χ3n) is 2.68. The zero-order chi connectivity index (χ0) is 15.4. The van der Waals surface area contributed by atoms with Crippen LogP contribution in [0.15, 0.2) is 42.5 Å². The van der Waals surface area contributed by atoms with E-state index in [1.807, 2.05) is 31.2 Å². The third kappa shape index (κ3) is 3.96. The van der Waals surface area contributed by atoms with Gasteiger partial charge in [-0.05, 0) is 42.9 Å². The van der Waals surface area contributed by atoms with Crippen LogP contribution >= 0.6 is 12.2 Å². The maximum Gasteiger partial charge on any atom is 0.271 e. The summed E-state index contributed by atoms with van der Waals surface area (Å²) in [6.07, 6.45) is 0. The summed E-state index contributed by atoms with van der Waals surface area (Å²) in [4.78, 5) is 10.1. The zero-order valence-electron chi connectivity index (χ0n) is 11.1. The summed E-state index contributed by atoms with van der Waals surface area (Å²) in [7, 11) is 0. The molecule has 0 unspecified atom stereocenters. The van der Waals surface area contributed by atoms with Crippen molar-refractivity contribution in [3.05, 3.63) is 64.0 Å². The predicted molar refractivity (Wildman–Crippen MR) is 84.1 cm³/mol. The number of rotatable bonds is 3. The molecule has 0 aromatic heterocycles. The second-order valence-electron chi connectivity index (χ2n) is 4.37. The average Bonchev–Trinajstić information content (AvgIpc) is 2.41.